The molecule has 0 amide bonds. The van der Waals surface area contributed by atoms with Gasteiger partial charge in [0, 0.05) is 4.83 Å². The third kappa shape index (κ3) is 4.80. The van der Waals surface area contributed by atoms with Crippen molar-refractivity contribution in [1.29, 1.82) is 0 Å². The lowest BCUT2D eigenvalue weighted by atomic mass is 10.1. The number of unbranched alkanes of at least 4 members (excludes halogenated alkanes) is 1. The second-order valence-electron chi connectivity index (χ2n) is 3.74. The SMILES string of the molecule is CCC(Br)CCCCc1ccccc1. The summed E-state index contributed by atoms with van der Waals surface area (Å²) in [6.45, 7) is 2.23. The maximum absolute atomic E-state index is 3.66. The van der Waals surface area contributed by atoms with Crippen LogP contribution in [0.2, 0.25) is 0 Å². The highest BCUT2D eigenvalue weighted by Gasteiger charge is 1.99. The first-order valence-electron chi connectivity index (χ1n) is 5.51. The van der Waals surface area contributed by atoms with Crippen molar-refractivity contribution in [2.45, 2.75) is 43.9 Å². The van der Waals surface area contributed by atoms with Crippen molar-refractivity contribution < 1.29 is 0 Å². The average Bonchev–Trinajstić information content (AvgIpc) is 2.25. The van der Waals surface area contributed by atoms with Gasteiger partial charge in [0.1, 0.15) is 0 Å². The Morgan fingerprint density at radius 1 is 1.14 bits per heavy atom. The number of aryl methyl sites for hydroxylation is 1. The van der Waals surface area contributed by atoms with E-state index in [0.717, 1.165) is 4.83 Å². The smallest absolute Gasteiger partial charge is 0.0143 e. The van der Waals surface area contributed by atoms with Gasteiger partial charge in [0.05, 0.1) is 0 Å². The summed E-state index contributed by atoms with van der Waals surface area (Å²) in [7, 11) is 0. The summed E-state index contributed by atoms with van der Waals surface area (Å²) < 4.78 is 0. The minimum absolute atomic E-state index is 0.721. The zero-order valence-electron chi connectivity index (χ0n) is 8.88. The van der Waals surface area contributed by atoms with Gasteiger partial charge in [0.25, 0.3) is 0 Å². The van der Waals surface area contributed by atoms with Crippen molar-refractivity contribution in [2.24, 2.45) is 0 Å². The minimum Gasteiger partial charge on any atom is -0.0891 e. The Balaban J connectivity index is 2.10. The van der Waals surface area contributed by atoms with Gasteiger partial charge in [-0.2, -0.15) is 0 Å². The third-order valence-corrected chi connectivity index (χ3v) is 3.62. The summed E-state index contributed by atoms with van der Waals surface area (Å²) in [5.41, 5.74) is 1.47. The summed E-state index contributed by atoms with van der Waals surface area (Å²) >= 11 is 3.66. The zero-order valence-corrected chi connectivity index (χ0v) is 10.5. The molecule has 1 unspecified atom stereocenters. The van der Waals surface area contributed by atoms with E-state index < -0.39 is 0 Å². The topological polar surface area (TPSA) is 0 Å². The van der Waals surface area contributed by atoms with Crippen molar-refractivity contribution in [3.05, 3.63) is 35.9 Å². The van der Waals surface area contributed by atoms with Crippen molar-refractivity contribution >= 4 is 15.9 Å². The largest absolute Gasteiger partial charge is 0.0891 e. The van der Waals surface area contributed by atoms with Gasteiger partial charge in [-0.25, -0.2) is 0 Å². The highest BCUT2D eigenvalue weighted by Crippen LogP contribution is 2.14. The Morgan fingerprint density at radius 3 is 2.50 bits per heavy atom. The van der Waals surface area contributed by atoms with Gasteiger partial charge >= 0.3 is 0 Å². The summed E-state index contributed by atoms with van der Waals surface area (Å²) in [5, 5.41) is 0. The van der Waals surface area contributed by atoms with Crippen LogP contribution in [0.15, 0.2) is 30.3 Å². The third-order valence-electron chi connectivity index (χ3n) is 2.52. The van der Waals surface area contributed by atoms with E-state index in [0.29, 0.717) is 0 Å². The van der Waals surface area contributed by atoms with Crippen molar-refractivity contribution in [2.75, 3.05) is 0 Å². The van der Waals surface area contributed by atoms with E-state index in [9.17, 15) is 0 Å². The minimum atomic E-state index is 0.721. The number of hydrogen-bond donors (Lipinski definition) is 0. The quantitative estimate of drug-likeness (QED) is 0.516. The summed E-state index contributed by atoms with van der Waals surface area (Å²) in [5.74, 6) is 0. The van der Waals surface area contributed by atoms with Gasteiger partial charge in [0.2, 0.25) is 0 Å². The van der Waals surface area contributed by atoms with E-state index >= 15 is 0 Å². The molecule has 1 heteroatoms. The van der Waals surface area contributed by atoms with Crippen LogP contribution in [0.3, 0.4) is 0 Å². The van der Waals surface area contributed by atoms with Crippen LogP contribution >= 0.6 is 15.9 Å². The molecular formula is C13H19Br. The normalized spacial score (nSPS) is 12.7. The Bertz CT molecular complexity index is 230. The van der Waals surface area contributed by atoms with Gasteiger partial charge in [-0.05, 0) is 31.2 Å². The number of halogens is 1. The summed E-state index contributed by atoms with van der Waals surface area (Å²) in [4.78, 5) is 0.721. The second kappa shape index (κ2) is 7.05. The van der Waals surface area contributed by atoms with E-state index in [4.69, 9.17) is 0 Å². The van der Waals surface area contributed by atoms with Crippen molar-refractivity contribution in [3.8, 4) is 0 Å². The molecule has 0 radical (unpaired) electrons. The first-order chi connectivity index (χ1) is 6.83. The number of rotatable bonds is 6. The number of benzene rings is 1. The molecule has 0 heterocycles. The Labute approximate surface area is 95.9 Å². The van der Waals surface area contributed by atoms with Crippen LogP contribution in [0.4, 0.5) is 0 Å². The van der Waals surface area contributed by atoms with Crippen LogP contribution in [-0.4, -0.2) is 4.83 Å². The first-order valence-corrected chi connectivity index (χ1v) is 6.42. The maximum atomic E-state index is 3.66. The standard InChI is InChI=1S/C13H19Br/c1-2-13(14)11-7-6-10-12-8-4-3-5-9-12/h3-5,8-9,13H,2,6-7,10-11H2,1H3. The molecule has 1 aromatic carbocycles. The summed E-state index contributed by atoms with van der Waals surface area (Å²) in [6, 6.07) is 10.7. The Morgan fingerprint density at radius 2 is 1.86 bits per heavy atom. The molecule has 1 atom stereocenters. The van der Waals surface area contributed by atoms with Gasteiger partial charge in [-0.1, -0.05) is 59.6 Å². The van der Waals surface area contributed by atoms with Crippen LogP contribution in [0.1, 0.15) is 38.2 Å². The second-order valence-corrected chi connectivity index (χ2v) is 5.03. The van der Waals surface area contributed by atoms with Crippen molar-refractivity contribution in [1.82, 2.24) is 0 Å². The molecule has 0 aliphatic heterocycles. The van der Waals surface area contributed by atoms with Gasteiger partial charge in [-0.15, -0.1) is 0 Å². The van der Waals surface area contributed by atoms with E-state index in [1.165, 1.54) is 37.7 Å². The Hall–Kier alpha value is -0.300. The monoisotopic (exact) mass is 254 g/mol. The molecule has 0 aliphatic rings. The first kappa shape index (κ1) is 11.8. The molecule has 78 valence electrons. The van der Waals surface area contributed by atoms with Crippen molar-refractivity contribution in [3.63, 3.8) is 0 Å². The van der Waals surface area contributed by atoms with E-state index in [1.807, 2.05) is 0 Å². The molecule has 0 nitrogen and oxygen atoms in total. The fourth-order valence-corrected chi connectivity index (χ4v) is 1.87. The van der Waals surface area contributed by atoms with Gasteiger partial charge in [0.15, 0.2) is 0 Å². The van der Waals surface area contributed by atoms with Crippen LogP contribution in [-0.2, 0) is 6.42 Å². The number of alkyl halides is 1. The van der Waals surface area contributed by atoms with E-state index in [2.05, 4.69) is 53.2 Å². The summed E-state index contributed by atoms with van der Waals surface area (Å²) in [6.07, 6.45) is 6.42. The fraction of sp³-hybridized carbons (Fsp3) is 0.538. The molecule has 1 rings (SSSR count). The molecule has 0 saturated heterocycles. The Kier molecular flexibility index (Phi) is 5.93. The highest BCUT2D eigenvalue weighted by atomic mass is 79.9. The molecule has 0 saturated carbocycles. The lowest BCUT2D eigenvalue weighted by molar-refractivity contribution is 0.650. The predicted molar refractivity (Wildman–Crippen MR) is 67.0 cm³/mol. The molecule has 14 heavy (non-hydrogen) atoms. The molecule has 0 bridgehead atoms. The van der Waals surface area contributed by atoms with Crippen LogP contribution < -0.4 is 0 Å². The lowest BCUT2D eigenvalue weighted by Crippen LogP contribution is -1.95. The fourth-order valence-electron chi connectivity index (χ4n) is 1.54. The van der Waals surface area contributed by atoms with Crippen LogP contribution in [0, 0.1) is 0 Å². The molecule has 0 N–H and O–H groups in total. The van der Waals surface area contributed by atoms with E-state index in [1.54, 1.807) is 0 Å². The molecule has 0 spiro atoms. The number of hydrogen-bond acceptors (Lipinski definition) is 0. The van der Waals surface area contributed by atoms with Crippen LogP contribution in [0.25, 0.3) is 0 Å². The molecule has 1 aromatic rings. The average molecular weight is 255 g/mol. The molecular weight excluding hydrogens is 236 g/mol. The molecule has 0 fully saturated rings. The van der Waals surface area contributed by atoms with E-state index in [-0.39, 0.29) is 0 Å². The van der Waals surface area contributed by atoms with Gasteiger partial charge in [-0.3, -0.25) is 0 Å². The highest BCUT2D eigenvalue weighted by molar-refractivity contribution is 9.09. The lowest BCUT2D eigenvalue weighted by Gasteiger charge is -2.05. The van der Waals surface area contributed by atoms with Gasteiger partial charge < -0.3 is 0 Å². The molecule has 0 aliphatic carbocycles. The van der Waals surface area contributed by atoms with Crippen LogP contribution in [0.5, 0.6) is 0 Å². The maximum Gasteiger partial charge on any atom is 0.0143 e. The molecule has 0 aromatic heterocycles. The zero-order chi connectivity index (χ0) is 10.2. The predicted octanol–water partition coefficient (Wildman–Crippen LogP) is 4.57.